The van der Waals surface area contributed by atoms with E-state index in [1.54, 1.807) is 18.3 Å². The van der Waals surface area contributed by atoms with E-state index in [4.69, 9.17) is 4.74 Å². The van der Waals surface area contributed by atoms with Crippen molar-refractivity contribution < 1.29 is 28.5 Å². The fourth-order valence-corrected chi connectivity index (χ4v) is 6.60. The summed E-state index contributed by atoms with van der Waals surface area (Å²) in [5.41, 5.74) is 4.41. The van der Waals surface area contributed by atoms with Crippen LogP contribution in [0.1, 0.15) is 82.8 Å². The number of benzene rings is 2. The molecule has 0 radical (unpaired) electrons. The van der Waals surface area contributed by atoms with Crippen molar-refractivity contribution in [2.75, 3.05) is 13.2 Å². The van der Waals surface area contributed by atoms with Crippen LogP contribution in [0.25, 0.3) is 5.70 Å². The van der Waals surface area contributed by atoms with E-state index in [0.29, 0.717) is 23.4 Å². The molecule has 0 fully saturated rings. The Morgan fingerprint density at radius 3 is 2.22 bits per heavy atom. The number of aliphatic imine (C=N–C) groups is 1. The topological polar surface area (TPSA) is 112 Å². The predicted octanol–water partition coefficient (Wildman–Crippen LogP) is 6.48. The normalized spacial score (nSPS) is 17.3. The number of ether oxygens (including phenoxy) is 1. The molecule has 0 bridgehead atoms. The fourth-order valence-electron chi connectivity index (χ4n) is 6.60. The lowest BCUT2D eigenvalue weighted by molar-refractivity contribution is -0.687. The Hall–Kier alpha value is -5.64. The minimum Gasteiger partial charge on any atom is -0.473 e. The van der Waals surface area contributed by atoms with Crippen LogP contribution in [0.2, 0.25) is 0 Å². The number of rotatable bonds is 15. The van der Waals surface area contributed by atoms with Gasteiger partial charge in [0.05, 0.1) is 16.8 Å². The maximum atomic E-state index is 14.5. The Balaban J connectivity index is 1.40. The standard InChI is InChI=1S/C45H53N5O5/c1-31(2)15-14-16-33(5)21-24-48-25-22-36(23-26-48)43(53)50-28-38(35-19-12-9-13-20-35)49(44(54)40(50)32(3)4)29-39(51)46-37(27-34-17-10-8-11-18-34)41(52)42-47-45(6,7)30-55-42/h8-13,15,17-23,25-26,28,32,37,40H,14,16,24,27,29-30H2,1-7H3/p+1/b33-21+/t37-,40+/m0/s1. The largest absolute Gasteiger partial charge is 0.473 e. The van der Waals surface area contributed by atoms with Crippen LogP contribution in [0, 0.1) is 5.92 Å². The smallest absolute Gasteiger partial charge is 0.259 e. The average molecular weight is 745 g/mol. The molecular formula is C45H54N5O5+. The monoisotopic (exact) mass is 744 g/mol. The third-order valence-electron chi connectivity index (χ3n) is 9.60. The summed E-state index contributed by atoms with van der Waals surface area (Å²) >= 11 is 0. The summed E-state index contributed by atoms with van der Waals surface area (Å²) in [6, 6.07) is 20.3. The third kappa shape index (κ3) is 10.7. The van der Waals surface area contributed by atoms with Crippen molar-refractivity contribution in [1.82, 2.24) is 15.1 Å². The third-order valence-corrected chi connectivity index (χ3v) is 9.60. The number of pyridine rings is 1. The molecule has 0 saturated carbocycles. The second kappa shape index (κ2) is 18.1. The first-order valence-corrected chi connectivity index (χ1v) is 19.0. The second-order valence-electron chi connectivity index (χ2n) is 15.6. The van der Waals surface area contributed by atoms with E-state index in [2.05, 4.69) is 43.2 Å². The molecule has 2 aliphatic rings. The summed E-state index contributed by atoms with van der Waals surface area (Å²) < 4.78 is 7.67. The molecule has 5 rings (SSSR count). The van der Waals surface area contributed by atoms with Crippen LogP contribution in [0.15, 0.2) is 120 Å². The van der Waals surface area contributed by atoms with Crippen LogP contribution < -0.4 is 9.88 Å². The lowest BCUT2D eigenvalue weighted by atomic mass is 9.96. The molecule has 0 spiro atoms. The SMILES string of the molecule is CC(C)=CCC/C(C)=C/C[n+]1ccc(C(=O)N2C=C(c3ccccc3)N(CC(=O)N[C@@H](Cc3ccccc3)C(=O)C3=NC(C)(C)CO3)C(=O)[C@H]2C(C)C)cc1. The van der Waals surface area contributed by atoms with E-state index in [-0.39, 0.29) is 37.3 Å². The highest BCUT2D eigenvalue weighted by Gasteiger charge is 2.42. The number of ketones is 1. The Kier molecular flexibility index (Phi) is 13.4. The van der Waals surface area contributed by atoms with Gasteiger partial charge >= 0.3 is 0 Å². The van der Waals surface area contributed by atoms with E-state index in [1.165, 1.54) is 20.9 Å². The number of hydrogen-bond acceptors (Lipinski definition) is 6. The van der Waals surface area contributed by atoms with Gasteiger partial charge in [-0.1, -0.05) is 91.7 Å². The van der Waals surface area contributed by atoms with E-state index < -0.39 is 35.2 Å². The van der Waals surface area contributed by atoms with Gasteiger partial charge in [-0.2, -0.15) is 0 Å². The maximum absolute atomic E-state index is 14.5. The van der Waals surface area contributed by atoms with Crippen LogP contribution in [-0.2, 0) is 32.1 Å². The molecule has 10 heteroatoms. The second-order valence-corrected chi connectivity index (χ2v) is 15.6. The van der Waals surface area contributed by atoms with E-state index in [1.807, 2.05) is 105 Å². The van der Waals surface area contributed by atoms with Gasteiger partial charge in [-0.15, -0.1) is 0 Å². The quantitative estimate of drug-likeness (QED) is 0.142. The number of carbonyl (C=O) groups excluding carboxylic acids is 4. The lowest BCUT2D eigenvalue weighted by Crippen LogP contribution is -2.57. The Bertz CT molecular complexity index is 1980. The molecule has 3 amide bonds. The zero-order chi connectivity index (χ0) is 39.7. The van der Waals surface area contributed by atoms with Crippen molar-refractivity contribution in [3.05, 3.63) is 131 Å². The van der Waals surface area contributed by atoms with Crippen LogP contribution in [0.4, 0.5) is 0 Å². The molecule has 0 saturated heterocycles. The van der Waals surface area contributed by atoms with Gasteiger partial charge in [0.15, 0.2) is 18.9 Å². The summed E-state index contributed by atoms with van der Waals surface area (Å²) in [6.45, 7) is 14.4. The fraction of sp³-hybridized carbons (Fsp3) is 0.378. The van der Waals surface area contributed by atoms with Crippen molar-refractivity contribution in [3.8, 4) is 0 Å². The number of carbonyl (C=O) groups is 4. The van der Waals surface area contributed by atoms with Crippen LogP contribution in [-0.4, -0.2) is 70.0 Å². The summed E-state index contributed by atoms with van der Waals surface area (Å²) in [5.74, 6) is -1.98. The minimum absolute atomic E-state index is 0.0210. The van der Waals surface area contributed by atoms with Gasteiger partial charge in [-0.25, -0.2) is 9.56 Å². The van der Waals surface area contributed by atoms with Gasteiger partial charge in [0, 0.05) is 24.8 Å². The molecule has 1 aromatic heterocycles. The van der Waals surface area contributed by atoms with Gasteiger partial charge in [-0.05, 0) is 70.6 Å². The Morgan fingerprint density at radius 2 is 1.62 bits per heavy atom. The average Bonchev–Trinajstić information content (AvgIpc) is 3.53. The zero-order valence-electron chi connectivity index (χ0n) is 33.1. The summed E-state index contributed by atoms with van der Waals surface area (Å²) in [6.07, 6.45) is 12.1. The highest BCUT2D eigenvalue weighted by atomic mass is 16.5. The summed E-state index contributed by atoms with van der Waals surface area (Å²) in [5, 5.41) is 2.89. The first-order chi connectivity index (χ1) is 26.2. The molecule has 2 atom stereocenters. The van der Waals surface area contributed by atoms with E-state index in [0.717, 1.165) is 18.4 Å². The van der Waals surface area contributed by atoms with Crippen molar-refractivity contribution in [1.29, 1.82) is 0 Å². The van der Waals surface area contributed by atoms with Crippen molar-refractivity contribution in [2.45, 2.75) is 91.9 Å². The number of Topliss-reactive ketones (excluding diaryl/α,β-unsaturated/α-hetero) is 1. The van der Waals surface area contributed by atoms with Crippen molar-refractivity contribution in [3.63, 3.8) is 0 Å². The van der Waals surface area contributed by atoms with Crippen molar-refractivity contribution in [2.24, 2.45) is 10.9 Å². The zero-order valence-corrected chi connectivity index (χ0v) is 33.1. The molecule has 288 valence electrons. The molecule has 2 aliphatic heterocycles. The molecule has 55 heavy (non-hydrogen) atoms. The van der Waals surface area contributed by atoms with Gasteiger partial charge < -0.3 is 15.0 Å². The molecule has 10 nitrogen and oxygen atoms in total. The maximum Gasteiger partial charge on any atom is 0.259 e. The van der Waals surface area contributed by atoms with Gasteiger partial charge in [0.2, 0.25) is 11.7 Å². The molecular weight excluding hydrogens is 691 g/mol. The molecule has 2 aromatic carbocycles. The Labute approximate surface area is 325 Å². The number of hydrogen-bond donors (Lipinski definition) is 1. The van der Waals surface area contributed by atoms with Crippen LogP contribution >= 0.6 is 0 Å². The van der Waals surface area contributed by atoms with Gasteiger partial charge in [-0.3, -0.25) is 24.1 Å². The molecule has 1 N–H and O–H groups in total. The molecule has 0 aliphatic carbocycles. The summed E-state index contributed by atoms with van der Waals surface area (Å²) in [4.78, 5) is 63.8. The van der Waals surface area contributed by atoms with Crippen LogP contribution in [0.5, 0.6) is 0 Å². The lowest BCUT2D eigenvalue weighted by Gasteiger charge is -2.41. The Morgan fingerprint density at radius 1 is 0.964 bits per heavy atom. The summed E-state index contributed by atoms with van der Waals surface area (Å²) in [7, 11) is 0. The number of amides is 3. The molecule has 3 aromatic rings. The highest BCUT2D eigenvalue weighted by molar-refractivity contribution is 6.39. The van der Waals surface area contributed by atoms with E-state index in [9.17, 15) is 19.2 Å². The van der Waals surface area contributed by atoms with Gasteiger partial charge in [0.25, 0.3) is 17.7 Å². The number of nitrogens with zero attached hydrogens (tertiary/aromatic N) is 4. The molecule has 0 unspecified atom stereocenters. The van der Waals surface area contributed by atoms with Crippen molar-refractivity contribution >= 4 is 35.1 Å². The number of nitrogens with one attached hydrogen (secondary N) is 1. The molecule has 3 heterocycles. The van der Waals surface area contributed by atoms with E-state index >= 15 is 0 Å². The van der Waals surface area contributed by atoms with Crippen LogP contribution in [0.3, 0.4) is 0 Å². The number of aromatic nitrogens is 1. The first-order valence-electron chi connectivity index (χ1n) is 19.0. The minimum atomic E-state index is -0.978. The predicted molar refractivity (Wildman–Crippen MR) is 215 cm³/mol. The first kappa shape index (κ1) is 40.5. The highest BCUT2D eigenvalue weighted by Crippen LogP contribution is 2.31. The number of allylic oxidation sites excluding steroid dienone is 4. The van der Waals surface area contributed by atoms with Gasteiger partial charge in [0.1, 0.15) is 25.2 Å².